The van der Waals surface area contributed by atoms with E-state index in [1.165, 1.54) is 16.0 Å². The van der Waals surface area contributed by atoms with Gasteiger partial charge in [0.2, 0.25) is 0 Å². The molecular weight excluding hydrogens is 448 g/mol. The number of alkyl halides is 2. The summed E-state index contributed by atoms with van der Waals surface area (Å²) in [5, 5.41) is 10.2. The smallest absolute Gasteiger partial charge is 0.282 e. The number of hydrogen-bond acceptors (Lipinski definition) is 5. The van der Waals surface area contributed by atoms with Gasteiger partial charge in [0.15, 0.2) is 0 Å². The average Bonchev–Trinajstić information content (AvgIpc) is 3.50. The van der Waals surface area contributed by atoms with Gasteiger partial charge >= 0.3 is 0 Å². The molecule has 7 nitrogen and oxygen atoms in total. The zero-order valence-electron chi connectivity index (χ0n) is 17.6. The minimum atomic E-state index is -2.99. The first-order chi connectivity index (χ1) is 15.8. The molecule has 5 heterocycles. The summed E-state index contributed by atoms with van der Waals surface area (Å²) in [4.78, 5) is 31.4. The van der Waals surface area contributed by atoms with Gasteiger partial charge in [0.25, 0.3) is 17.7 Å². The number of carbonyl (C=O) groups excluding carboxylic acids is 2. The molecule has 1 unspecified atom stereocenters. The predicted octanol–water partition coefficient (Wildman–Crippen LogP) is 3.66. The van der Waals surface area contributed by atoms with Crippen molar-refractivity contribution in [2.45, 2.75) is 18.4 Å². The van der Waals surface area contributed by atoms with Crippen LogP contribution in [0.4, 0.5) is 8.78 Å². The topological polar surface area (TPSA) is 83.0 Å². The van der Waals surface area contributed by atoms with Crippen molar-refractivity contribution in [1.29, 1.82) is 0 Å². The molecule has 0 radical (unpaired) electrons. The van der Waals surface area contributed by atoms with Gasteiger partial charge in [-0.25, -0.2) is 8.78 Å². The zero-order valence-corrected chi connectivity index (χ0v) is 18.4. The largest absolute Gasteiger partial charge is 0.352 e. The van der Waals surface area contributed by atoms with Crippen LogP contribution in [0.1, 0.15) is 23.7 Å². The van der Waals surface area contributed by atoms with Crippen molar-refractivity contribution < 1.29 is 18.4 Å². The van der Waals surface area contributed by atoms with E-state index in [9.17, 15) is 9.59 Å². The molecule has 33 heavy (non-hydrogen) atoms. The highest BCUT2D eigenvalue weighted by atomic mass is 32.1. The van der Waals surface area contributed by atoms with Gasteiger partial charge in [0, 0.05) is 29.1 Å². The minimum Gasteiger partial charge on any atom is -0.352 e. The Hall–Kier alpha value is -3.37. The lowest BCUT2D eigenvalue weighted by Crippen LogP contribution is -2.47. The number of nitrogens with one attached hydrogen (secondary N) is 2. The molecule has 3 aromatic heterocycles. The van der Waals surface area contributed by atoms with Crippen molar-refractivity contribution in [2.24, 2.45) is 0 Å². The summed E-state index contributed by atoms with van der Waals surface area (Å²) in [5.74, 6) is -4.09. The number of amides is 2. The highest BCUT2D eigenvalue weighted by Crippen LogP contribution is 2.41. The molecule has 10 heteroatoms. The fourth-order valence-electron chi connectivity index (χ4n) is 4.90. The number of imide groups is 1. The Morgan fingerprint density at radius 3 is 2.73 bits per heavy atom. The van der Waals surface area contributed by atoms with Gasteiger partial charge < -0.3 is 9.88 Å². The third kappa shape index (κ3) is 2.97. The first-order valence-electron chi connectivity index (χ1n) is 10.5. The molecule has 0 aliphatic carbocycles. The fourth-order valence-corrected chi connectivity index (χ4v) is 5.68. The molecule has 2 aliphatic heterocycles. The molecule has 6 rings (SSSR count). The first kappa shape index (κ1) is 20.3. The van der Waals surface area contributed by atoms with Gasteiger partial charge in [-0.05, 0) is 31.0 Å². The van der Waals surface area contributed by atoms with Gasteiger partial charge in [-0.2, -0.15) is 5.10 Å². The van der Waals surface area contributed by atoms with E-state index in [-0.39, 0.29) is 29.8 Å². The molecule has 2 aliphatic rings. The maximum atomic E-state index is 15.0. The van der Waals surface area contributed by atoms with Crippen molar-refractivity contribution in [3.05, 3.63) is 53.2 Å². The highest BCUT2D eigenvalue weighted by Gasteiger charge is 2.46. The van der Waals surface area contributed by atoms with E-state index in [1.54, 1.807) is 42.4 Å². The lowest BCUT2D eigenvalue weighted by molar-refractivity contribution is -0.122. The summed E-state index contributed by atoms with van der Waals surface area (Å²) in [6, 6.07) is 7.73. The normalized spacial score (nSPS) is 21.5. The second-order valence-electron chi connectivity index (χ2n) is 8.51. The number of halogens is 2. The quantitative estimate of drug-likeness (QED) is 0.451. The Morgan fingerprint density at radius 1 is 1.12 bits per heavy atom. The Kier molecular flexibility index (Phi) is 4.33. The minimum absolute atomic E-state index is 0.110. The van der Waals surface area contributed by atoms with E-state index in [4.69, 9.17) is 0 Å². The summed E-state index contributed by atoms with van der Waals surface area (Å²) in [6.45, 7) is 0.143. The lowest BCUT2D eigenvalue weighted by atomic mass is 9.98. The summed E-state index contributed by atoms with van der Waals surface area (Å²) >= 11 is 1.49. The molecule has 1 fully saturated rings. The van der Waals surface area contributed by atoms with Crippen LogP contribution in [0, 0.1) is 0 Å². The van der Waals surface area contributed by atoms with E-state index in [1.807, 2.05) is 11.4 Å². The Morgan fingerprint density at radius 2 is 1.91 bits per heavy atom. The number of thiophene rings is 1. The Labute approximate surface area is 190 Å². The number of aromatic amines is 1. The summed E-state index contributed by atoms with van der Waals surface area (Å²) in [5.41, 5.74) is 1.65. The number of para-hydroxylation sites is 1. The van der Waals surface area contributed by atoms with Gasteiger partial charge in [0.05, 0.1) is 23.2 Å². The Balaban J connectivity index is 1.60. The molecule has 4 aromatic rings. The van der Waals surface area contributed by atoms with Crippen molar-refractivity contribution >= 4 is 55.4 Å². The zero-order chi connectivity index (χ0) is 22.9. The number of likely N-dealkylation sites (tertiary alicyclic amines) is 1. The third-order valence-corrected chi connectivity index (χ3v) is 7.25. The molecule has 0 spiro atoms. The van der Waals surface area contributed by atoms with Crippen LogP contribution < -0.4 is 5.32 Å². The molecule has 0 bridgehead atoms. The molecule has 2 N–H and O–H groups in total. The third-order valence-electron chi connectivity index (χ3n) is 6.40. The van der Waals surface area contributed by atoms with Gasteiger partial charge in [-0.15, -0.1) is 11.3 Å². The van der Waals surface area contributed by atoms with Crippen molar-refractivity contribution in [3.8, 4) is 0 Å². The first-order valence-corrected chi connectivity index (χ1v) is 11.4. The molecule has 1 saturated heterocycles. The van der Waals surface area contributed by atoms with E-state index in [2.05, 4.69) is 15.4 Å². The van der Waals surface area contributed by atoms with E-state index in [0.29, 0.717) is 23.0 Å². The SMILES string of the molecule is CN1CCC(n2nc(C3=C(c4c[nH]c5sccc45)C(=O)NC3=O)c3ccccc32)C(F)(F)C1. The second-order valence-corrected chi connectivity index (χ2v) is 9.43. The molecule has 1 aromatic carbocycles. The number of carbonyl (C=O) groups is 2. The number of benzene rings is 1. The molecule has 168 valence electrons. The highest BCUT2D eigenvalue weighted by molar-refractivity contribution is 7.16. The van der Waals surface area contributed by atoms with E-state index >= 15 is 8.78 Å². The molecule has 1 atom stereocenters. The van der Waals surface area contributed by atoms with Crippen LogP contribution in [0.2, 0.25) is 0 Å². The number of hydrogen-bond donors (Lipinski definition) is 2. The van der Waals surface area contributed by atoms with Gasteiger partial charge in [0.1, 0.15) is 16.6 Å². The van der Waals surface area contributed by atoms with Crippen LogP contribution in [0.15, 0.2) is 41.9 Å². The fraction of sp³-hybridized carbons (Fsp3) is 0.261. The standard InChI is InChI=1S/C23H19F2N5O2S/c1-29-8-6-16(23(24,25)11-29)30-15-5-3-2-4-13(15)19(28-30)18-17(20(31)27-21(18)32)14-10-26-22-12(14)7-9-33-22/h2-5,7,9-10,16,26H,6,8,11H2,1H3,(H,27,31,32). The van der Waals surface area contributed by atoms with Crippen LogP contribution in [0.25, 0.3) is 32.3 Å². The predicted molar refractivity (Wildman–Crippen MR) is 122 cm³/mol. The number of nitrogens with zero attached hydrogens (tertiary/aromatic N) is 3. The monoisotopic (exact) mass is 467 g/mol. The number of piperidine rings is 1. The number of H-pyrrole nitrogens is 1. The summed E-state index contributed by atoms with van der Waals surface area (Å²) in [7, 11) is 1.67. The number of aromatic nitrogens is 3. The molecular formula is C23H19F2N5O2S. The summed E-state index contributed by atoms with van der Waals surface area (Å²) in [6.07, 6.45) is 1.91. The van der Waals surface area contributed by atoms with E-state index in [0.717, 1.165) is 10.2 Å². The molecule has 2 amide bonds. The van der Waals surface area contributed by atoms with Crippen LogP contribution in [-0.4, -0.2) is 57.5 Å². The maximum absolute atomic E-state index is 15.0. The van der Waals surface area contributed by atoms with Crippen molar-refractivity contribution in [3.63, 3.8) is 0 Å². The van der Waals surface area contributed by atoms with Gasteiger partial charge in [-0.3, -0.25) is 19.6 Å². The second kappa shape index (κ2) is 7.06. The number of fused-ring (bicyclic) bond motifs is 2. The summed E-state index contributed by atoms with van der Waals surface area (Å²) < 4.78 is 31.4. The average molecular weight is 468 g/mol. The van der Waals surface area contributed by atoms with Crippen LogP contribution in [0.3, 0.4) is 0 Å². The maximum Gasteiger partial charge on any atom is 0.282 e. The van der Waals surface area contributed by atoms with Gasteiger partial charge in [-0.1, -0.05) is 18.2 Å². The Bertz CT molecular complexity index is 1480. The number of rotatable bonds is 3. The van der Waals surface area contributed by atoms with E-state index < -0.39 is 23.8 Å². The van der Waals surface area contributed by atoms with Crippen molar-refractivity contribution in [2.75, 3.05) is 20.1 Å². The van der Waals surface area contributed by atoms with Crippen LogP contribution in [0.5, 0.6) is 0 Å². The van der Waals surface area contributed by atoms with Crippen molar-refractivity contribution in [1.82, 2.24) is 25.0 Å². The van der Waals surface area contributed by atoms with Crippen LogP contribution >= 0.6 is 11.3 Å². The van der Waals surface area contributed by atoms with Crippen LogP contribution in [-0.2, 0) is 9.59 Å². The molecule has 0 saturated carbocycles. The lowest BCUT2D eigenvalue weighted by Gasteiger charge is -2.36.